The standard InChI is InChI=1S/C17H14FNO2/c18-15-5-6-16-13(9-15)7-8-19(16)11-14-4-2-1-3-12(14)10-17(20)21/h1-9H,10-11H2,(H,20,21). The molecular formula is C17H14FNO2. The van der Waals surface area contributed by atoms with Gasteiger partial charge in [-0.05, 0) is 35.4 Å². The average Bonchev–Trinajstić information content (AvgIpc) is 2.83. The molecule has 0 radical (unpaired) electrons. The van der Waals surface area contributed by atoms with E-state index in [1.165, 1.54) is 12.1 Å². The molecule has 106 valence electrons. The van der Waals surface area contributed by atoms with Crippen molar-refractivity contribution < 1.29 is 14.3 Å². The summed E-state index contributed by atoms with van der Waals surface area (Å²) >= 11 is 0. The highest BCUT2D eigenvalue weighted by molar-refractivity contribution is 5.80. The lowest BCUT2D eigenvalue weighted by atomic mass is 10.0. The maximum absolute atomic E-state index is 13.2. The van der Waals surface area contributed by atoms with Crippen molar-refractivity contribution in [1.82, 2.24) is 4.57 Å². The molecule has 3 rings (SSSR count). The van der Waals surface area contributed by atoms with E-state index in [9.17, 15) is 9.18 Å². The van der Waals surface area contributed by atoms with Crippen molar-refractivity contribution in [3.63, 3.8) is 0 Å². The van der Waals surface area contributed by atoms with Crippen LogP contribution in [0.25, 0.3) is 10.9 Å². The van der Waals surface area contributed by atoms with Crippen LogP contribution in [0.5, 0.6) is 0 Å². The number of carboxylic acids is 1. The zero-order chi connectivity index (χ0) is 14.8. The second-order valence-electron chi connectivity index (χ2n) is 4.99. The Morgan fingerprint density at radius 2 is 1.86 bits per heavy atom. The largest absolute Gasteiger partial charge is 0.481 e. The van der Waals surface area contributed by atoms with Crippen LogP contribution >= 0.6 is 0 Å². The molecule has 1 aromatic heterocycles. The minimum Gasteiger partial charge on any atom is -0.481 e. The van der Waals surface area contributed by atoms with Gasteiger partial charge in [0, 0.05) is 23.6 Å². The minimum absolute atomic E-state index is 0.00397. The van der Waals surface area contributed by atoms with Crippen LogP contribution in [0.4, 0.5) is 4.39 Å². The van der Waals surface area contributed by atoms with Gasteiger partial charge in [0.25, 0.3) is 0 Å². The fourth-order valence-electron chi connectivity index (χ4n) is 2.54. The van der Waals surface area contributed by atoms with Gasteiger partial charge < -0.3 is 9.67 Å². The number of fused-ring (bicyclic) bond motifs is 1. The lowest BCUT2D eigenvalue weighted by Crippen LogP contribution is -2.06. The van der Waals surface area contributed by atoms with E-state index < -0.39 is 5.97 Å². The smallest absolute Gasteiger partial charge is 0.307 e. The van der Waals surface area contributed by atoms with E-state index in [0.717, 1.165) is 22.0 Å². The Balaban J connectivity index is 1.97. The van der Waals surface area contributed by atoms with Crippen molar-refractivity contribution in [2.75, 3.05) is 0 Å². The third kappa shape index (κ3) is 2.79. The number of rotatable bonds is 4. The van der Waals surface area contributed by atoms with Crippen molar-refractivity contribution >= 4 is 16.9 Å². The Morgan fingerprint density at radius 3 is 2.62 bits per heavy atom. The summed E-state index contributed by atoms with van der Waals surface area (Å²) < 4.78 is 15.2. The highest BCUT2D eigenvalue weighted by Crippen LogP contribution is 2.20. The van der Waals surface area contributed by atoms with Crippen LogP contribution in [0.2, 0.25) is 0 Å². The Kier molecular flexibility index (Phi) is 3.44. The summed E-state index contributed by atoms with van der Waals surface area (Å²) in [6.07, 6.45) is 1.89. The summed E-state index contributed by atoms with van der Waals surface area (Å²) in [4.78, 5) is 10.9. The number of nitrogens with zero attached hydrogens (tertiary/aromatic N) is 1. The molecule has 0 atom stereocenters. The lowest BCUT2D eigenvalue weighted by Gasteiger charge is -2.10. The van der Waals surface area contributed by atoms with Gasteiger partial charge in [-0.25, -0.2) is 4.39 Å². The van der Waals surface area contributed by atoms with Crippen molar-refractivity contribution in [3.8, 4) is 0 Å². The molecule has 1 heterocycles. The van der Waals surface area contributed by atoms with Gasteiger partial charge in [0.1, 0.15) is 5.82 Å². The predicted octanol–water partition coefficient (Wildman–Crippen LogP) is 3.46. The van der Waals surface area contributed by atoms with Gasteiger partial charge >= 0.3 is 5.97 Å². The topological polar surface area (TPSA) is 42.2 Å². The van der Waals surface area contributed by atoms with E-state index in [2.05, 4.69) is 0 Å². The Hall–Kier alpha value is -2.62. The molecule has 0 unspecified atom stereocenters. The van der Waals surface area contributed by atoms with Crippen molar-refractivity contribution in [2.45, 2.75) is 13.0 Å². The summed E-state index contributed by atoms with van der Waals surface area (Å²) in [6.45, 7) is 0.568. The third-order valence-corrected chi connectivity index (χ3v) is 3.53. The third-order valence-electron chi connectivity index (χ3n) is 3.53. The first-order chi connectivity index (χ1) is 10.1. The van der Waals surface area contributed by atoms with Crippen LogP contribution in [0.15, 0.2) is 54.7 Å². The minimum atomic E-state index is -0.845. The number of aliphatic carboxylic acids is 1. The zero-order valence-electron chi connectivity index (χ0n) is 11.3. The van der Waals surface area contributed by atoms with Gasteiger partial charge in [-0.15, -0.1) is 0 Å². The summed E-state index contributed by atoms with van der Waals surface area (Å²) in [5.41, 5.74) is 2.69. The van der Waals surface area contributed by atoms with Crippen molar-refractivity contribution in [1.29, 1.82) is 0 Å². The highest BCUT2D eigenvalue weighted by Gasteiger charge is 2.08. The van der Waals surface area contributed by atoms with E-state index in [-0.39, 0.29) is 12.2 Å². The van der Waals surface area contributed by atoms with E-state index in [1.54, 1.807) is 6.07 Å². The summed E-state index contributed by atoms with van der Waals surface area (Å²) in [5.74, 6) is -1.10. The van der Waals surface area contributed by atoms with Crippen LogP contribution in [0.3, 0.4) is 0 Å². The number of hydrogen-bond donors (Lipinski definition) is 1. The molecule has 1 N–H and O–H groups in total. The van der Waals surface area contributed by atoms with Crippen LogP contribution in [-0.2, 0) is 17.8 Å². The maximum atomic E-state index is 13.2. The molecule has 4 heteroatoms. The SMILES string of the molecule is O=C(O)Cc1ccccc1Cn1ccc2cc(F)ccc21. The normalized spacial score (nSPS) is 10.9. The van der Waals surface area contributed by atoms with Gasteiger partial charge in [0.2, 0.25) is 0 Å². The summed E-state index contributed by atoms with van der Waals surface area (Å²) in [7, 11) is 0. The van der Waals surface area contributed by atoms with Gasteiger partial charge in [0.05, 0.1) is 6.42 Å². The van der Waals surface area contributed by atoms with E-state index >= 15 is 0 Å². The molecule has 0 saturated carbocycles. The molecule has 0 spiro atoms. The predicted molar refractivity (Wildman–Crippen MR) is 78.8 cm³/mol. The average molecular weight is 283 g/mol. The van der Waals surface area contributed by atoms with Gasteiger partial charge in [-0.2, -0.15) is 0 Å². The Bertz CT molecular complexity index is 807. The van der Waals surface area contributed by atoms with Crippen LogP contribution in [-0.4, -0.2) is 15.6 Å². The molecule has 0 bridgehead atoms. The molecule has 2 aromatic carbocycles. The molecule has 0 aliphatic rings. The second-order valence-corrected chi connectivity index (χ2v) is 4.99. The maximum Gasteiger partial charge on any atom is 0.307 e. The molecule has 3 nitrogen and oxygen atoms in total. The quantitative estimate of drug-likeness (QED) is 0.796. The number of carboxylic acid groups (broad SMARTS) is 1. The number of halogens is 1. The Labute approximate surface area is 121 Å². The molecule has 0 aliphatic carbocycles. The molecular weight excluding hydrogens is 269 g/mol. The van der Waals surface area contributed by atoms with E-state index in [1.807, 2.05) is 41.1 Å². The first kappa shape index (κ1) is 13.4. The first-order valence-corrected chi connectivity index (χ1v) is 6.66. The fourth-order valence-corrected chi connectivity index (χ4v) is 2.54. The number of carbonyl (C=O) groups is 1. The highest BCUT2D eigenvalue weighted by atomic mass is 19.1. The van der Waals surface area contributed by atoms with Gasteiger partial charge in [0.15, 0.2) is 0 Å². The molecule has 0 fully saturated rings. The molecule has 3 aromatic rings. The monoisotopic (exact) mass is 283 g/mol. The van der Waals surface area contributed by atoms with E-state index in [4.69, 9.17) is 5.11 Å². The van der Waals surface area contributed by atoms with Crippen LogP contribution < -0.4 is 0 Å². The molecule has 21 heavy (non-hydrogen) atoms. The van der Waals surface area contributed by atoms with Gasteiger partial charge in [-0.1, -0.05) is 24.3 Å². The first-order valence-electron chi connectivity index (χ1n) is 6.66. The number of hydrogen-bond acceptors (Lipinski definition) is 1. The molecule has 0 amide bonds. The zero-order valence-corrected chi connectivity index (χ0v) is 11.3. The van der Waals surface area contributed by atoms with Crippen LogP contribution in [0, 0.1) is 5.82 Å². The number of aromatic nitrogens is 1. The lowest BCUT2D eigenvalue weighted by molar-refractivity contribution is -0.136. The van der Waals surface area contributed by atoms with E-state index in [0.29, 0.717) is 6.54 Å². The fraction of sp³-hybridized carbons (Fsp3) is 0.118. The van der Waals surface area contributed by atoms with Crippen molar-refractivity contribution in [3.05, 3.63) is 71.7 Å². The molecule has 0 saturated heterocycles. The number of benzene rings is 2. The van der Waals surface area contributed by atoms with Gasteiger partial charge in [-0.3, -0.25) is 4.79 Å². The van der Waals surface area contributed by atoms with Crippen LogP contribution in [0.1, 0.15) is 11.1 Å². The van der Waals surface area contributed by atoms with Crippen molar-refractivity contribution in [2.24, 2.45) is 0 Å². The summed E-state index contributed by atoms with van der Waals surface area (Å²) in [5, 5.41) is 9.81. The summed E-state index contributed by atoms with van der Waals surface area (Å²) in [6, 6.07) is 14.0. The Morgan fingerprint density at radius 1 is 1.10 bits per heavy atom. The molecule has 0 aliphatic heterocycles. The second kappa shape index (κ2) is 5.40.